The topological polar surface area (TPSA) is 65.2 Å². The molecule has 15 heavy (non-hydrogen) atoms. The van der Waals surface area contributed by atoms with E-state index >= 15 is 0 Å². The van der Waals surface area contributed by atoms with Crippen LogP contribution in [0.5, 0.6) is 0 Å². The molecular weight excluding hydrogens is 192 g/mol. The highest BCUT2D eigenvalue weighted by atomic mass is 16.6. The maximum atomic E-state index is 10.7. The molecule has 0 radical (unpaired) electrons. The minimum Gasteiger partial charge on any atom is -0.441 e. The number of amides is 1. The summed E-state index contributed by atoms with van der Waals surface area (Å²) >= 11 is 0. The number of hydrogen-bond acceptors (Lipinski definition) is 3. The predicted molar refractivity (Wildman–Crippen MR) is 57.2 cm³/mol. The normalized spacial score (nSPS) is 12.1. The van der Waals surface area contributed by atoms with Crippen molar-refractivity contribution in [2.75, 3.05) is 0 Å². The van der Waals surface area contributed by atoms with Crippen LogP contribution in [-0.2, 0) is 4.74 Å². The van der Waals surface area contributed by atoms with Gasteiger partial charge in [0.25, 0.3) is 0 Å². The number of primary amides is 1. The summed E-state index contributed by atoms with van der Waals surface area (Å²) in [5.74, 6) is 0. The van der Waals surface area contributed by atoms with Crippen LogP contribution in [-0.4, -0.2) is 11.1 Å². The third kappa shape index (κ3) is 3.97. The van der Waals surface area contributed by atoms with Crippen LogP contribution in [0.1, 0.15) is 37.9 Å². The van der Waals surface area contributed by atoms with Crippen LogP contribution in [0.3, 0.4) is 0 Å². The van der Waals surface area contributed by atoms with Crippen molar-refractivity contribution in [1.82, 2.24) is 4.98 Å². The number of rotatable bonds is 5. The number of aromatic nitrogens is 1. The summed E-state index contributed by atoms with van der Waals surface area (Å²) < 4.78 is 5.04. The van der Waals surface area contributed by atoms with E-state index in [-0.39, 0.29) is 6.10 Å². The number of carbonyl (C=O) groups excluding carboxylic acids is 1. The molecule has 0 aliphatic rings. The minimum atomic E-state index is -0.736. The number of unbranched alkanes of at least 4 members (excludes halogenated alkanes) is 1. The number of nitrogens with two attached hydrogens (primary N) is 1. The smallest absolute Gasteiger partial charge is 0.405 e. The Bertz CT molecular complexity index is 301. The molecule has 1 aromatic heterocycles. The zero-order valence-corrected chi connectivity index (χ0v) is 8.85. The maximum absolute atomic E-state index is 10.7. The summed E-state index contributed by atoms with van der Waals surface area (Å²) in [7, 11) is 0. The molecule has 1 aromatic rings. The van der Waals surface area contributed by atoms with Gasteiger partial charge in [0, 0.05) is 18.0 Å². The molecule has 0 fully saturated rings. The zero-order chi connectivity index (χ0) is 11.1. The largest absolute Gasteiger partial charge is 0.441 e. The van der Waals surface area contributed by atoms with Crippen molar-refractivity contribution in [2.45, 2.75) is 32.3 Å². The number of carbonyl (C=O) groups is 1. The van der Waals surface area contributed by atoms with Gasteiger partial charge in [-0.25, -0.2) is 4.79 Å². The second-order valence-electron chi connectivity index (χ2n) is 3.35. The van der Waals surface area contributed by atoms with Crippen molar-refractivity contribution in [3.8, 4) is 0 Å². The molecule has 1 rings (SSSR count). The average molecular weight is 208 g/mol. The van der Waals surface area contributed by atoms with Gasteiger partial charge in [-0.1, -0.05) is 19.4 Å². The molecule has 0 saturated carbocycles. The van der Waals surface area contributed by atoms with Crippen molar-refractivity contribution in [2.24, 2.45) is 5.73 Å². The molecule has 1 amide bonds. The van der Waals surface area contributed by atoms with Crippen molar-refractivity contribution in [3.63, 3.8) is 0 Å². The van der Waals surface area contributed by atoms with Gasteiger partial charge in [-0.3, -0.25) is 4.98 Å². The lowest BCUT2D eigenvalue weighted by molar-refractivity contribution is 0.0995. The molecule has 1 atom stereocenters. The second kappa shape index (κ2) is 6.01. The highest BCUT2D eigenvalue weighted by molar-refractivity contribution is 5.65. The summed E-state index contributed by atoms with van der Waals surface area (Å²) in [5, 5.41) is 0. The Morgan fingerprint density at radius 3 is 3.00 bits per heavy atom. The van der Waals surface area contributed by atoms with E-state index in [4.69, 9.17) is 10.5 Å². The summed E-state index contributed by atoms with van der Waals surface area (Å²) in [6, 6.07) is 3.70. The van der Waals surface area contributed by atoms with Crippen molar-refractivity contribution < 1.29 is 9.53 Å². The molecule has 0 bridgehead atoms. The van der Waals surface area contributed by atoms with Gasteiger partial charge in [-0.2, -0.15) is 0 Å². The van der Waals surface area contributed by atoms with Gasteiger partial charge >= 0.3 is 6.09 Å². The van der Waals surface area contributed by atoms with E-state index in [1.54, 1.807) is 12.4 Å². The fourth-order valence-electron chi connectivity index (χ4n) is 1.39. The first-order valence-electron chi connectivity index (χ1n) is 5.10. The molecule has 0 spiro atoms. The lowest BCUT2D eigenvalue weighted by Gasteiger charge is -2.15. The first-order valence-corrected chi connectivity index (χ1v) is 5.10. The third-order valence-electron chi connectivity index (χ3n) is 2.13. The monoisotopic (exact) mass is 208 g/mol. The minimum absolute atomic E-state index is 0.267. The van der Waals surface area contributed by atoms with E-state index in [1.807, 2.05) is 12.1 Å². The average Bonchev–Trinajstić information content (AvgIpc) is 2.25. The lowest BCUT2D eigenvalue weighted by atomic mass is 10.1. The van der Waals surface area contributed by atoms with Gasteiger partial charge in [0.05, 0.1) is 0 Å². The van der Waals surface area contributed by atoms with Crippen LogP contribution in [0.2, 0.25) is 0 Å². The zero-order valence-electron chi connectivity index (χ0n) is 8.85. The van der Waals surface area contributed by atoms with Gasteiger partial charge < -0.3 is 10.5 Å². The maximum Gasteiger partial charge on any atom is 0.405 e. The van der Waals surface area contributed by atoms with Crippen molar-refractivity contribution >= 4 is 6.09 Å². The van der Waals surface area contributed by atoms with Crippen molar-refractivity contribution in [3.05, 3.63) is 30.1 Å². The predicted octanol–water partition coefficient (Wildman–Crippen LogP) is 2.41. The van der Waals surface area contributed by atoms with Gasteiger partial charge in [0.1, 0.15) is 6.10 Å². The molecule has 0 saturated heterocycles. The first-order chi connectivity index (χ1) is 7.24. The Morgan fingerprint density at radius 1 is 1.67 bits per heavy atom. The van der Waals surface area contributed by atoms with Crippen LogP contribution in [0, 0.1) is 0 Å². The number of pyridine rings is 1. The van der Waals surface area contributed by atoms with E-state index < -0.39 is 6.09 Å². The molecule has 0 aliphatic carbocycles. The Balaban J connectivity index is 2.67. The number of hydrogen-bond donors (Lipinski definition) is 1. The Kier molecular flexibility index (Phi) is 4.60. The van der Waals surface area contributed by atoms with Crippen LogP contribution in [0.4, 0.5) is 4.79 Å². The summed E-state index contributed by atoms with van der Waals surface area (Å²) in [4.78, 5) is 14.7. The first kappa shape index (κ1) is 11.5. The van der Waals surface area contributed by atoms with E-state index in [1.165, 1.54) is 0 Å². The standard InChI is InChI=1S/C11H16N2O2/c1-2-3-6-10(15-11(12)14)9-5-4-7-13-8-9/h4-5,7-8,10H,2-3,6H2,1H3,(H2,12,14). The molecule has 4 heteroatoms. The highest BCUT2D eigenvalue weighted by Gasteiger charge is 2.14. The highest BCUT2D eigenvalue weighted by Crippen LogP contribution is 2.22. The quantitative estimate of drug-likeness (QED) is 0.808. The molecule has 1 heterocycles. The fraction of sp³-hybridized carbons (Fsp3) is 0.455. The van der Waals surface area contributed by atoms with Crippen molar-refractivity contribution in [1.29, 1.82) is 0 Å². The van der Waals surface area contributed by atoms with Gasteiger partial charge in [0.15, 0.2) is 0 Å². The number of ether oxygens (including phenoxy) is 1. The third-order valence-corrected chi connectivity index (χ3v) is 2.13. The van der Waals surface area contributed by atoms with E-state index in [2.05, 4.69) is 11.9 Å². The Labute approximate surface area is 89.5 Å². The fourth-order valence-corrected chi connectivity index (χ4v) is 1.39. The second-order valence-corrected chi connectivity index (χ2v) is 3.35. The van der Waals surface area contributed by atoms with Gasteiger partial charge in [-0.05, 0) is 18.9 Å². The van der Waals surface area contributed by atoms with Crippen LogP contribution < -0.4 is 5.73 Å². The van der Waals surface area contributed by atoms with Crippen LogP contribution in [0.15, 0.2) is 24.5 Å². The van der Waals surface area contributed by atoms with Gasteiger partial charge in [-0.15, -0.1) is 0 Å². The summed E-state index contributed by atoms with van der Waals surface area (Å²) in [6.45, 7) is 2.09. The van der Waals surface area contributed by atoms with Crippen LogP contribution >= 0.6 is 0 Å². The molecule has 1 unspecified atom stereocenters. The Hall–Kier alpha value is -1.58. The molecule has 0 aromatic carbocycles. The molecule has 82 valence electrons. The summed E-state index contributed by atoms with van der Waals surface area (Å²) in [5.41, 5.74) is 5.91. The summed E-state index contributed by atoms with van der Waals surface area (Å²) in [6.07, 6.45) is 5.21. The van der Waals surface area contributed by atoms with E-state index in [0.29, 0.717) is 0 Å². The van der Waals surface area contributed by atoms with E-state index in [0.717, 1.165) is 24.8 Å². The molecule has 2 N–H and O–H groups in total. The number of nitrogens with zero attached hydrogens (tertiary/aromatic N) is 1. The van der Waals surface area contributed by atoms with Gasteiger partial charge in [0.2, 0.25) is 0 Å². The molecular formula is C11H16N2O2. The SMILES string of the molecule is CCCCC(OC(N)=O)c1cccnc1. The molecule has 0 aliphatic heterocycles. The lowest BCUT2D eigenvalue weighted by Crippen LogP contribution is -2.17. The van der Waals surface area contributed by atoms with E-state index in [9.17, 15) is 4.79 Å². The molecule has 4 nitrogen and oxygen atoms in total. The van der Waals surface area contributed by atoms with Crippen LogP contribution in [0.25, 0.3) is 0 Å². The Morgan fingerprint density at radius 2 is 2.47 bits per heavy atom.